The second-order valence-corrected chi connectivity index (χ2v) is 10.5. The van der Waals surface area contributed by atoms with Crippen LogP contribution in [0.1, 0.15) is 78.1 Å². The molecule has 0 N–H and O–H groups in total. The quantitative estimate of drug-likeness (QED) is 0.616. The molecule has 2 rings (SSSR count). The zero-order valence-electron chi connectivity index (χ0n) is 11.7. The van der Waals surface area contributed by atoms with E-state index in [1.165, 1.54) is 64.2 Å². The maximum absolute atomic E-state index is 13.6. The molecule has 1 nitrogen and oxygen atoms in total. The zero-order chi connectivity index (χ0) is 12.3. The Labute approximate surface area is 107 Å². The average Bonchev–Trinajstić information content (AvgIpc) is 2.39. The minimum Gasteiger partial charge on any atom is -0.323 e. The fraction of sp³-hybridized carbons (Fsp3) is 1.00. The van der Waals surface area contributed by atoms with Gasteiger partial charge in [0.2, 0.25) is 0 Å². The van der Waals surface area contributed by atoms with Crippen LogP contribution < -0.4 is 0 Å². The Morgan fingerprint density at radius 1 is 0.765 bits per heavy atom. The molecule has 0 aromatic heterocycles. The zero-order valence-corrected chi connectivity index (χ0v) is 12.6. The van der Waals surface area contributed by atoms with Gasteiger partial charge in [-0.25, -0.2) is 0 Å². The largest absolute Gasteiger partial charge is 0.323 e. The van der Waals surface area contributed by atoms with Crippen LogP contribution in [0, 0.1) is 0 Å². The van der Waals surface area contributed by atoms with E-state index in [0.717, 1.165) is 0 Å². The van der Waals surface area contributed by atoms with Gasteiger partial charge in [0.15, 0.2) is 0 Å². The molecule has 0 heterocycles. The van der Waals surface area contributed by atoms with Crippen molar-refractivity contribution in [3.63, 3.8) is 0 Å². The maximum atomic E-state index is 13.6. The first-order valence-electron chi connectivity index (χ1n) is 7.74. The molecule has 0 aliphatic heterocycles. The lowest BCUT2D eigenvalue weighted by Gasteiger charge is -2.40. The van der Waals surface area contributed by atoms with Gasteiger partial charge in [-0.1, -0.05) is 52.4 Å². The van der Waals surface area contributed by atoms with E-state index in [-0.39, 0.29) is 0 Å². The standard InChI is InChI=1S/C15H29OP/c1-13(2)17(16,14-9-5-3-6-10-14)15-11-7-4-8-12-15/h13-15H,3-12H2,1-2H3. The lowest BCUT2D eigenvalue weighted by atomic mass is 9.99. The highest BCUT2D eigenvalue weighted by molar-refractivity contribution is 7.66. The number of hydrogen-bond donors (Lipinski definition) is 0. The van der Waals surface area contributed by atoms with Gasteiger partial charge >= 0.3 is 0 Å². The molecule has 2 fully saturated rings. The lowest BCUT2D eigenvalue weighted by Crippen LogP contribution is -2.27. The normalized spacial score (nSPS) is 25.4. The van der Waals surface area contributed by atoms with E-state index >= 15 is 0 Å². The van der Waals surface area contributed by atoms with Crippen molar-refractivity contribution in [3.05, 3.63) is 0 Å². The Morgan fingerprint density at radius 2 is 1.12 bits per heavy atom. The molecule has 0 bridgehead atoms. The third-order valence-electron chi connectivity index (χ3n) is 5.10. The molecule has 0 spiro atoms. The van der Waals surface area contributed by atoms with Crippen LogP contribution in [0.5, 0.6) is 0 Å². The summed E-state index contributed by atoms with van der Waals surface area (Å²) in [5.41, 5.74) is 1.59. The van der Waals surface area contributed by atoms with Gasteiger partial charge in [-0.15, -0.1) is 0 Å². The molecule has 0 unspecified atom stereocenters. The molecule has 0 aromatic carbocycles. The second-order valence-electron chi connectivity index (χ2n) is 6.44. The van der Waals surface area contributed by atoms with Crippen LogP contribution in [0.25, 0.3) is 0 Å². The summed E-state index contributed by atoms with van der Waals surface area (Å²) in [6.45, 7) is 4.45. The molecule has 0 amide bonds. The van der Waals surface area contributed by atoms with Crippen LogP contribution in [0.15, 0.2) is 0 Å². The van der Waals surface area contributed by atoms with Crippen LogP contribution in [0.3, 0.4) is 0 Å². The summed E-state index contributed by atoms with van der Waals surface area (Å²) in [5.74, 6) is 0. The highest BCUT2D eigenvalue weighted by Crippen LogP contribution is 2.65. The molecule has 17 heavy (non-hydrogen) atoms. The second kappa shape index (κ2) is 5.91. The van der Waals surface area contributed by atoms with E-state index in [1.54, 1.807) is 0 Å². The first-order chi connectivity index (χ1) is 8.15. The van der Waals surface area contributed by atoms with Crippen molar-refractivity contribution in [2.45, 2.75) is 95.0 Å². The molecule has 0 saturated heterocycles. The number of rotatable bonds is 3. The van der Waals surface area contributed by atoms with E-state index < -0.39 is 7.14 Å². The first-order valence-corrected chi connectivity index (χ1v) is 9.66. The Hall–Kier alpha value is 0.230. The molecule has 0 aromatic rings. The van der Waals surface area contributed by atoms with Gasteiger partial charge in [-0.2, -0.15) is 0 Å². The van der Waals surface area contributed by atoms with Crippen LogP contribution >= 0.6 is 7.14 Å². The molecule has 2 aliphatic carbocycles. The van der Waals surface area contributed by atoms with Gasteiger partial charge in [0.25, 0.3) is 0 Å². The van der Waals surface area contributed by atoms with E-state index in [9.17, 15) is 4.57 Å². The third kappa shape index (κ3) is 2.80. The average molecular weight is 256 g/mol. The van der Waals surface area contributed by atoms with Crippen molar-refractivity contribution in [1.29, 1.82) is 0 Å². The summed E-state index contributed by atoms with van der Waals surface area (Å²) in [4.78, 5) is 0. The fourth-order valence-corrected chi connectivity index (χ4v) is 8.74. The summed E-state index contributed by atoms with van der Waals surface area (Å²) >= 11 is 0. The molecule has 2 heteroatoms. The Bertz CT molecular complexity index is 251. The Kier molecular flexibility index (Phi) is 4.75. The van der Waals surface area contributed by atoms with Gasteiger partial charge in [-0.3, -0.25) is 0 Å². The van der Waals surface area contributed by atoms with Gasteiger partial charge < -0.3 is 4.57 Å². The summed E-state index contributed by atoms with van der Waals surface area (Å²) in [6, 6.07) is 0. The smallest absolute Gasteiger partial charge is 0.0959 e. The minimum atomic E-state index is -1.94. The monoisotopic (exact) mass is 256 g/mol. The summed E-state index contributed by atoms with van der Waals surface area (Å²) in [6.07, 6.45) is 13.1. The topological polar surface area (TPSA) is 17.1 Å². The van der Waals surface area contributed by atoms with Gasteiger partial charge in [0.05, 0.1) is 7.14 Å². The van der Waals surface area contributed by atoms with Gasteiger partial charge in [-0.05, 0) is 25.7 Å². The van der Waals surface area contributed by atoms with E-state index in [4.69, 9.17) is 0 Å². The van der Waals surface area contributed by atoms with Crippen molar-refractivity contribution in [1.82, 2.24) is 0 Å². The van der Waals surface area contributed by atoms with Crippen LogP contribution in [0.2, 0.25) is 0 Å². The molecule has 0 atom stereocenters. The van der Waals surface area contributed by atoms with Crippen LogP contribution in [-0.4, -0.2) is 17.0 Å². The minimum absolute atomic E-state index is 0.425. The van der Waals surface area contributed by atoms with Crippen molar-refractivity contribution in [2.24, 2.45) is 0 Å². The molecular formula is C15H29OP. The van der Waals surface area contributed by atoms with Crippen molar-refractivity contribution in [3.8, 4) is 0 Å². The summed E-state index contributed by atoms with van der Waals surface area (Å²) in [7, 11) is -1.94. The van der Waals surface area contributed by atoms with Crippen molar-refractivity contribution >= 4 is 7.14 Å². The van der Waals surface area contributed by atoms with E-state index in [1.807, 2.05) is 0 Å². The van der Waals surface area contributed by atoms with E-state index in [2.05, 4.69) is 13.8 Å². The Balaban J connectivity index is 2.14. The molecule has 2 saturated carbocycles. The molecule has 100 valence electrons. The predicted molar refractivity (Wildman–Crippen MR) is 76.5 cm³/mol. The number of hydrogen-bond acceptors (Lipinski definition) is 1. The first kappa shape index (κ1) is 13.7. The van der Waals surface area contributed by atoms with Crippen molar-refractivity contribution in [2.75, 3.05) is 0 Å². The highest BCUT2D eigenvalue weighted by atomic mass is 31.2. The highest BCUT2D eigenvalue weighted by Gasteiger charge is 2.42. The van der Waals surface area contributed by atoms with Crippen LogP contribution in [0.4, 0.5) is 0 Å². The SMILES string of the molecule is CC(C)P(=O)(C1CCCCC1)C1CCCCC1. The molecule has 2 aliphatic rings. The van der Waals surface area contributed by atoms with Crippen molar-refractivity contribution < 1.29 is 4.57 Å². The molecule has 0 radical (unpaired) electrons. The Morgan fingerprint density at radius 3 is 1.41 bits per heavy atom. The predicted octanol–water partition coefficient (Wildman–Crippen LogP) is 5.42. The summed E-state index contributed by atoms with van der Waals surface area (Å²) < 4.78 is 13.6. The molecular weight excluding hydrogens is 227 g/mol. The van der Waals surface area contributed by atoms with E-state index in [0.29, 0.717) is 17.0 Å². The fourth-order valence-electron chi connectivity index (χ4n) is 4.11. The maximum Gasteiger partial charge on any atom is 0.0959 e. The van der Waals surface area contributed by atoms with Gasteiger partial charge in [0.1, 0.15) is 0 Å². The van der Waals surface area contributed by atoms with Crippen LogP contribution in [-0.2, 0) is 4.57 Å². The summed E-state index contributed by atoms with van der Waals surface area (Å²) in [5, 5.41) is 0. The van der Waals surface area contributed by atoms with Gasteiger partial charge in [0, 0.05) is 17.0 Å². The third-order valence-corrected chi connectivity index (χ3v) is 10.0. The lowest BCUT2D eigenvalue weighted by molar-refractivity contribution is 0.442.